The molecule has 10 heteroatoms. The molecule has 0 bridgehead atoms. The Labute approximate surface area is 169 Å². The van der Waals surface area contributed by atoms with Crippen LogP contribution < -0.4 is 5.43 Å². The number of hydrogen-bond acceptors (Lipinski definition) is 5. The van der Waals surface area contributed by atoms with Gasteiger partial charge in [-0.2, -0.15) is 10.2 Å². The van der Waals surface area contributed by atoms with Gasteiger partial charge < -0.3 is 0 Å². The molecule has 1 heterocycles. The highest BCUT2D eigenvalue weighted by atomic mass is 35.5. The van der Waals surface area contributed by atoms with Gasteiger partial charge in [0.2, 0.25) is 0 Å². The predicted octanol–water partition coefficient (Wildman–Crippen LogP) is 3.91. The summed E-state index contributed by atoms with van der Waals surface area (Å²) in [6.45, 7) is 0.373. The summed E-state index contributed by atoms with van der Waals surface area (Å²) in [6.07, 6.45) is 3.08. The average Bonchev–Trinajstić information content (AvgIpc) is 3.13. The standard InChI is InChI=1S/C18H13Cl2N5O3/c19-15-6-3-13(9-16(15)20)10-21-22-18(26)17-7-8-24(23-17)11-12-1-4-14(5-2-12)25(27)28/h1-10H,11H2,(H,22,26)/b21-10+. The van der Waals surface area contributed by atoms with E-state index >= 15 is 0 Å². The second kappa shape index (κ2) is 8.64. The SMILES string of the molecule is O=C(N/N=C/c1ccc(Cl)c(Cl)c1)c1ccn(Cc2ccc([N+](=O)[O-])cc2)n1. The van der Waals surface area contributed by atoms with Crippen molar-refractivity contribution in [3.63, 3.8) is 0 Å². The van der Waals surface area contributed by atoms with Gasteiger partial charge in [0.05, 0.1) is 27.7 Å². The Morgan fingerprint density at radius 3 is 2.61 bits per heavy atom. The number of aromatic nitrogens is 2. The lowest BCUT2D eigenvalue weighted by Crippen LogP contribution is -2.18. The van der Waals surface area contributed by atoms with E-state index in [4.69, 9.17) is 23.2 Å². The van der Waals surface area contributed by atoms with E-state index < -0.39 is 10.8 Å². The zero-order chi connectivity index (χ0) is 20.1. The van der Waals surface area contributed by atoms with Crippen molar-refractivity contribution in [2.24, 2.45) is 5.10 Å². The van der Waals surface area contributed by atoms with Gasteiger partial charge in [-0.15, -0.1) is 0 Å². The molecule has 0 saturated heterocycles. The van der Waals surface area contributed by atoms with Crippen molar-refractivity contribution in [2.75, 3.05) is 0 Å². The van der Waals surface area contributed by atoms with Crippen LogP contribution in [0.3, 0.4) is 0 Å². The van der Waals surface area contributed by atoms with Gasteiger partial charge in [0.15, 0.2) is 5.69 Å². The largest absolute Gasteiger partial charge is 0.291 e. The molecule has 0 atom stereocenters. The number of rotatable bonds is 6. The molecule has 0 aliphatic carbocycles. The van der Waals surface area contributed by atoms with Crippen molar-refractivity contribution in [3.05, 3.63) is 91.7 Å². The molecule has 0 aliphatic heterocycles. The molecule has 2 aromatic carbocycles. The molecule has 142 valence electrons. The summed E-state index contributed by atoms with van der Waals surface area (Å²) in [5.41, 5.74) is 4.09. The van der Waals surface area contributed by atoms with E-state index in [1.807, 2.05) is 0 Å². The van der Waals surface area contributed by atoms with Crippen LogP contribution >= 0.6 is 23.2 Å². The fourth-order valence-corrected chi connectivity index (χ4v) is 2.60. The molecule has 0 aliphatic rings. The number of carbonyl (C=O) groups is 1. The molecule has 0 unspecified atom stereocenters. The molecule has 0 radical (unpaired) electrons. The van der Waals surface area contributed by atoms with Gasteiger partial charge in [-0.3, -0.25) is 19.6 Å². The maximum absolute atomic E-state index is 12.1. The van der Waals surface area contributed by atoms with E-state index in [9.17, 15) is 14.9 Å². The number of non-ortho nitro benzene ring substituents is 1. The minimum atomic E-state index is -0.473. The molecule has 1 aromatic heterocycles. The Bertz CT molecular complexity index is 1050. The summed E-state index contributed by atoms with van der Waals surface area (Å²) in [7, 11) is 0. The number of hydrazone groups is 1. The van der Waals surface area contributed by atoms with Gasteiger partial charge in [-0.05, 0) is 29.3 Å². The van der Waals surface area contributed by atoms with Gasteiger partial charge in [0, 0.05) is 18.3 Å². The molecule has 1 amide bonds. The van der Waals surface area contributed by atoms with Crippen molar-refractivity contribution < 1.29 is 9.72 Å². The summed E-state index contributed by atoms with van der Waals surface area (Å²) in [5.74, 6) is -0.473. The molecule has 28 heavy (non-hydrogen) atoms. The molecule has 0 saturated carbocycles. The Kier molecular flexibility index (Phi) is 6.03. The topological polar surface area (TPSA) is 102 Å². The number of hydrogen-bond donors (Lipinski definition) is 1. The van der Waals surface area contributed by atoms with Crippen LogP contribution in [-0.2, 0) is 6.54 Å². The lowest BCUT2D eigenvalue weighted by Gasteiger charge is -2.02. The lowest BCUT2D eigenvalue weighted by molar-refractivity contribution is -0.384. The van der Waals surface area contributed by atoms with Crippen molar-refractivity contribution in [2.45, 2.75) is 6.54 Å². The number of amides is 1. The third kappa shape index (κ3) is 4.93. The number of nitro benzene ring substituents is 1. The van der Waals surface area contributed by atoms with Crippen LogP contribution in [0.2, 0.25) is 10.0 Å². The van der Waals surface area contributed by atoms with Crippen LogP contribution in [-0.4, -0.2) is 26.8 Å². The molecule has 3 rings (SSSR count). The van der Waals surface area contributed by atoms with E-state index in [1.165, 1.54) is 18.3 Å². The van der Waals surface area contributed by atoms with Crippen molar-refractivity contribution >= 4 is 41.0 Å². The van der Waals surface area contributed by atoms with Crippen LogP contribution in [0.1, 0.15) is 21.6 Å². The first-order valence-electron chi connectivity index (χ1n) is 7.97. The number of nitro groups is 1. The van der Waals surface area contributed by atoms with Crippen molar-refractivity contribution in [1.29, 1.82) is 0 Å². The fourth-order valence-electron chi connectivity index (χ4n) is 2.30. The Hall–Kier alpha value is -3.23. The highest BCUT2D eigenvalue weighted by molar-refractivity contribution is 6.42. The third-order valence-electron chi connectivity index (χ3n) is 3.69. The second-order valence-corrected chi connectivity index (χ2v) is 6.51. The highest BCUT2D eigenvalue weighted by Gasteiger charge is 2.09. The molecule has 0 spiro atoms. The number of nitrogens with zero attached hydrogens (tertiary/aromatic N) is 4. The van der Waals surface area contributed by atoms with Gasteiger partial charge >= 0.3 is 0 Å². The smallest absolute Gasteiger partial charge is 0.268 e. The fraction of sp³-hybridized carbons (Fsp3) is 0.0556. The van der Waals surface area contributed by atoms with Crippen LogP contribution in [0.4, 0.5) is 5.69 Å². The van der Waals surface area contributed by atoms with Gasteiger partial charge in [0.1, 0.15) is 0 Å². The summed E-state index contributed by atoms with van der Waals surface area (Å²) in [4.78, 5) is 22.3. The second-order valence-electron chi connectivity index (χ2n) is 5.69. The molecular formula is C18H13Cl2N5O3. The maximum Gasteiger partial charge on any atom is 0.291 e. The number of nitrogens with one attached hydrogen (secondary N) is 1. The lowest BCUT2D eigenvalue weighted by atomic mass is 10.2. The van der Waals surface area contributed by atoms with Crippen molar-refractivity contribution in [3.8, 4) is 0 Å². The van der Waals surface area contributed by atoms with Crippen LogP contribution in [0.5, 0.6) is 0 Å². The normalized spacial score (nSPS) is 10.9. The molecule has 3 aromatic rings. The third-order valence-corrected chi connectivity index (χ3v) is 4.43. The first kappa shape index (κ1) is 19.5. The van der Waals surface area contributed by atoms with E-state index in [0.29, 0.717) is 22.2 Å². The Morgan fingerprint density at radius 1 is 1.18 bits per heavy atom. The minimum absolute atomic E-state index is 0.0177. The molecule has 0 fully saturated rings. The number of halogens is 2. The van der Waals surface area contributed by atoms with Crippen LogP contribution in [0.25, 0.3) is 0 Å². The summed E-state index contributed by atoms with van der Waals surface area (Å²) in [6, 6.07) is 12.6. The van der Waals surface area contributed by atoms with E-state index in [2.05, 4.69) is 15.6 Å². The summed E-state index contributed by atoms with van der Waals surface area (Å²) < 4.78 is 1.55. The van der Waals surface area contributed by atoms with Gasteiger partial charge in [-0.1, -0.05) is 41.4 Å². The maximum atomic E-state index is 12.1. The predicted molar refractivity (Wildman–Crippen MR) is 106 cm³/mol. The first-order chi connectivity index (χ1) is 13.4. The van der Waals surface area contributed by atoms with Crippen molar-refractivity contribution in [1.82, 2.24) is 15.2 Å². The van der Waals surface area contributed by atoms with Gasteiger partial charge in [0.25, 0.3) is 11.6 Å². The molecular weight excluding hydrogens is 405 g/mol. The summed E-state index contributed by atoms with van der Waals surface area (Å²) in [5, 5.41) is 19.5. The molecule has 8 nitrogen and oxygen atoms in total. The number of carbonyl (C=O) groups excluding carboxylic acids is 1. The quantitative estimate of drug-likeness (QED) is 0.373. The van der Waals surface area contributed by atoms with Gasteiger partial charge in [-0.25, -0.2) is 5.43 Å². The van der Waals surface area contributed by atoms with E-state index in [-0.39, 0.29) is 11.4 Å². The Morgan fingerprint density at radius 2 is 1.93 bits per heavy atom. The zero-order valence-corrected chi connectivity index (χ0v) is 15.8. The summed E-state index contributed by atoms with van der Waals surface area (Å²) >= 11 is 11.8. The monoisotopic (exact) mass is 417 g/mol. The van der Waals surface area contributed by atoms with E-state index in [1.54, 1.807) is 47.3 Å². The number of benzene rings is 2. The highest BCUT2D eigenvalue weighted by Crippen LogP contribution is 2.21. The minimum Gasteiger partial charge on any atom is -0.268 e. The van der Waals surface area contributed by atoms with E-state index in [0.717, 1.165) is 5.56 Å². The average molecular weight is 418 g/mol. The Balaban J connectivity index is 1.59. The zero-order valence-electron chi connectivity index (χ0n) is 14.3. The first-order valence-corrected chi connectivity index (χ1v) is 8.73. The van der Waals surface area contributed by atoms with Crippen LogP contribution in [0, 0.1) is 10.1 Å². The molecule has 1 N–H and O–H groups in total. The van der Waals surface area contributed by atoms with Crippen LogP contribution in [0.15, 0.2) is 59.8 Å².